The van der Waals surface area contributed by atoms with Gasteiger partial charge < -0.3 is 5.11 Å². The van der Waals surface area contributed by atoms with Gasteiger partial charge in [-0.05, 0) is 12.1 Å². The lowest BCUT2D eigenvalue weighted by Crippen LogP contribution is -2.51. The zero-order valence-corrected chi connectivity index (χ0v) is 10.6. The van der Waals surface area contributed by atoms with Gasteiger partial charge in [0.25, 0.3) is 5.69 Å². The molecule has 0 saturated heterocycles. The minimum absolute atomic E-state index is 0.0254. The lowest BCUT2D eigenvalue weighted by molar-refractivity contribution is -0.384. The van der Waals surface area contributed by atoms with Gasteiger partial charge in [-0.15, -0.1) is 0 Å². The highest BCUT2D eigenvalue weighted by Gasteiger charge is 2.15. The molecular formula is C12H14N4O4. The number of carboxylic acid groups (broad SMARTS) is 1. The van der Waals surface area contributed by atoms with Crippen molar-refractivity contribution < 1.29 is 14.8 Å². The molecule has 0 amide bonds. The second kappa shape index (κ2) is 6.13. The van der Waals surface area contributed by atoms with E-state index in [-0.39, 0.29) is 12.1 Å². The highest BCUT2D eigenvalue weighted by Crippen LogP contribution is 2.19. The fourth-order valence-electron chi connectivity index (χ4n) is 1.76. The molecule has 0 bridgehead atoms. The number of nitrogens with one attached hydrogen (secondary N) is 1. The van der Waals surface area contributed by atoms with E-state index in [2.05, 4.69) is 5.53 Å². The van der Waals surface area contributed by atoms with Gasteiger partial charge in [0.1, 0.15) is 0 Å². The SMILES string of the molecule is O=C(O)CCN1CC=CN(c2ccc([N+](=O)[O-])cc2)N1. The van der Waals surface area contributed by atoms with Gasteiger partial charge in [0.05, 0.1) is 17.0 Å². The number of nitro benzene ring substituents is 1. The molecule has 8 heteroatoms. The van der Waals surface area contributed by atoms with Crippen molar-refractivity contribution in [2.24, 2.45) is 0 Å². The van der Waals surface area contributed by atoms with E-state index in [1.54, 1.807) is 28.4 Å². The van der Waals surface area contributed by atoms with Crippen molar-refractivity contribution in [2.45, 2.75) is 6.42 Å². The zero-order valence-electron chi connectivity index (χ0n) is 10.6. The van der Waals surface area contributed by atoms with Crippen LogP contribution in [0.2, 0.25) is 0 Å². The van der Waals surface area contributed by atoms with Gasteiger partial charge in [0.2, 0.25) is 0 Å². The second-order valence-corrected chi connectivity index (χ2v) is 4.22. The van der Waals surface area contributed by atoms with E-state index in [1.165, 1.54) is 12.1 Å². The summed E-state index contributed by atoms with van der Waals surface area (Å²) in [5, 5.41) is 22.7. The first-order valence-corrected chi connectivity index (χ1v) is 5.99. The van der Waals surface area contributed by atoms with Crippen molar-refractivity contribution in [1.29, 1.82) is 0 Å². The number of hydrogen-bond donors (Lipinski definition) is 2. The topological polar surface area (TPSA) is 99.0 Å². The summed E-state index contributed by atoms with van der Waals surface area (Å²) in [6.07, 6.45) is 3.70. The molecule has 0 radical (unpaired) electrons. The largest absolute Gasteiger partial charge is 0.481 e. The van der Waals surface area contributed by atoms with Gasteiger partial charge in [-0.25, -0.2) is 5.01 Å². The van der Waals surface area contributed by atoms with Crippen LogP contribution in [0.3, 0.4) is 0 Å². The summed E-state index contributed by atoms with van der Waals surface area (Å²) >= 11 is 0. The number of non-ortho nitro benzene ring substituents is 1. The van der Waals surface area contributed by atoms with Crippen LogP contribution in [0.4, 0.5) is 11.4 Å². The average Bonchev–Trinajstić information content (AvgIpc) is 2.45. The van der Waals surface area contributed by atoms with Gasteiger partial charge in [-0.3, -0.25) is 19.9 Å². The number of nitro groups is 1. The minimum Gasteiger partial charge on any atom is -0.481 e. The molecule has 0 spiro atoms. The number of hydrogen-bond acceptors (Lipinski definition) is 6. The number of aliphatic carboxylic acids is 1. The van der Waals surface area contributed by atoms with E-state index in [1.807, 2.05) is 6.08 Å². The van der Waals surface area contributed by atoms with Crippen molar-refractivity contribution in [2.75, 3.05) is 18.1 Å². The zero-order chi connectivity index (χ0) is 14.5. The monoisotopic (exact) mass is 278 g/mol. The Morgan fingerprint density at radius 3 is 2.70 bits per heavy atom. The Morgan fingerprint density at radius 1 is 1.40 bits per heavy atom. The normalized spacial score (nSPS) is 15.3. The Balaban J connectivity index is 2.01. The summed E-state index contributed by atoms with van der Waals surface area (Å²) in [5.41, 5.74) is 3.77. The number of rotatable bonds is 5. The predicted molar refractivity (Wildman–Crippen MR) is 71.7 cm³/mol. The number of nitrogens with zero attached hydrogens (tertiary/aromatic N) is 3. The molecule has 0 saturated carbocycles. The number of carbonyl (C=O) groups is 1. The van der Waals surface area contributed by atoms with E-state index in [4.69, 9.17) is 5.11 Å². The Bertz CT molecular complexity index is 529. The molecule has 1 aliphatic rings. The molecule has 0 fully saturated rings. The Kier molecular flexibility index (Phi) is 4.28. The lowest BCUT2D eigenvalue weighted by atomic mass is 10.3. The number of hydrazine groups is 2. The third-order valence-electron chi connectivity index (χ3n) is 2.76. The third-order valence-corrected chi connectivity index (χ3v) is 2.76. The Morgan fingerprint density at radius 2 is 2.10 bits per heavy atom. The van der Waals surface area contributed by atoms with Crippen LogP contribution in [0.5, 0.6) is 0 Å². The first-order chi connectivity index (χ1) is 9.56. The van der Waals surface area contributed by atoms with Crippen LogP contribution in [0.25, 0.3) is 0 Å². The molecule has 0 aromatic heterocycles. The predicted octanol–water partition coefficient (Wildman–Crippen LogP) is 1.12. The summed E-state index contributed by atoms with van der Waals surface area (Å²) in [6.45, 7) is 0.958. The quantitative estimate of drug-likeness (QED) is 0.615. The smallest absolute Gasteiger partial charge is 0.304 e. The molecular weight excluding hydrogens is 264 g/mol. The molecule has 0 aliphatic carbocycles. The maximum absolute atomic E-state index is 10.6. The van der Waals surface area contributed by atoms with Crippen LogP contribution in [-0.2, 0) is 4.79 Å². The van der Waals surface area contributed by atoms with E-state index < -0.39 is 10.9 Å². The van der Waals surface area contributed by atoms with Crippen molar-refractivity contribution in [3.63, 3.8) is 0 Å². The van der Waals surface area contributed by atoms with Crippen molar-refractivity contribution in [3.05, 3.63) is 46.7 Å². The summed E-state index contributed by atoms with van der Waals surface area (Å²) in [4.78, 5) is 20.7. The van der Waals surface area contributed by atoms with Gasteiger partial charge in [0.15, 0.2) is 0 Å². The highest BCUT2D eigenvalue weighted by atomic mass is 16.6. The molecule has 0 atom stereocenters. The molecule has 8 nitrogen and oxygen atoms in total. The summed E-state index contributed by atoms with van der Waals surface area (Å²) in [6, 6.07) is 6.08. The fraction of sp³-hybridized carbons (Fsp3) is 0.250. The Labute approximate surface area is 115 Å². The number of benzene rings is 1. The van der Waals surface area contributed by atoms with Gasteiger partial charge in [-0.2, -0.15) is 5.53 Å². The van der Waals surface area contributed by atoms with E-state index in [0.29, 0.717) is 13.1 Å². The van der Waals surface area contributed by atoms with E-state index >= 15 is 0 Å². The lowest BCUT2D eigenvalue weighted by Gasteiger charge is -2.33. The maximum Gasteiger partial charge on any atom is 0.304 e. The molecule has 2 N–H and O–H groups in total. The number of anilines is 1. The fourth-order valence-corrected chi connectivity index (χ4v) is 1.76. The summed E-state index contributed by atoms with van der Waals surface area (Å²) in [7, 11) is 0. The second-order valence-electron chi connectivity index (χ2n) is 4.22. The van der Waals surface area contributed by atoms with E-state index in [9.17, 15) is 14.9 Å². The van der Waals surface area contributed by atoms with Crippen LogP contribution in [-0.4, -0.2) is 34.1 Å². The highest BCUT2D eigenvalue weighted by molar-refractivity contribution is 5.66. The summed E-state index contributed by atoms with van der Waals surface area (Å²) < 4.78 is 0. The standard InChI is InChI=1S/C12H14N4O4/c17-12(18)6-9-14-7-1-8-15(13-14)10-2-4-11(5-3-10)16(19)20/h1-5,8,13H,6-7,9H2,(H,17,18). The van der Waals surface area contributed by atoms with Crippen molar-refractivity contribution in [1.82, 2.24) is 10.5 Å². The van der Waals surface area contributed by atoms with Crippen LogP contribution in [0, 0.1) is 10.1 Å². The molecule has 1 heterocycles. The summed E-state index contributed by atoms with van der Waals surface area (Å²) in [5.74, 6) is -0.858. The van der Waals surface area contributed by atoms with Gasteiger partial charge in [0, 0.05) is 31.4 Å². The third kappa shape index (κ3) is 3.53. The van der Waals surface area contributed by atoms with Gasteiger partial charge in [-0.1, -0.05) is 6.08 Å². The minimum atomic E-state index is -0.858. The number of carboxylic acids is 1. The molecule has 0 unspecified atom stereocenters. The molecule has 1 aliphatic heterocycles. The van der Waals surface area contributed by atoms with Crippen molar-refractivity contribution >= 4 is 17.3 Å². The first kappa shape index (κ1) is 14.0. The first-order valence-electron chi connectivity index (χ1n) is 5.99. The van der Waals surface area contributed by atoms with Gasteiger partial charge >= 0.3 is 5.97 Å². The van der Waals surface area contributed by atoms with E-state index in [0.717, 1.165) is 5.69 Å². The molecule has 1 aromatic rings. The maximum atomic E-state index is 10.6. The van der Waals surface area contributed by atoms with Crippen LogP contribution in [0.1, 0.15) is 6.42 Å². The van der Waals surface area contributed by atoms with Crippen LogP contribution >= 0.6 is 0 Å². The van der Waals surface area contributed by atoms with Crippen LogP contribution in [0.15, 0.2) is 36.5 Å². The molecule has 20 heavy (non-hydrogen) atoms. The molecule has 106 valence electrons. The average molecular weight is 278 g/mol. The molecule has 2 rings (SSSR count). The molecule has 1 aromatic carbocycles. The van der Waals surface area contributed by atoms with Crippen molar-refractivity contribution in [3.8, 4) is 0 Å². The Hall–Kier alpha value is -2.45. The van der Waals surface area contributed by atoms with Crippen LogP contribution < -0.4 is 10.5 Å².